The third-order valence-corrected chi connectivity index (χ3v) is 1.91. The molecule has 0 aliphatic rings. The van der Waals surface area contributed by atoms with E-state index in [2.05, 4.69) is 4.74 Å². The van der Waals surface area contributed by atoms with Gasteiger partial charge >= 0.3 is 0 Å². The standard InChI is InChI=1S/C10H9F4NO2/c1-15(2)7(16)4-17-10-8(13)5(11)3-6(12)9(10)14/h3H,4H2,1-2H3. The number of hydrogen-bond acceptors (Lipinski definition) is 2. The second-order valence-corrected chi connectivity index (χ2v) is 3.37. The summed E-state index contributed by atoms with van der Waals surface area (Å²) >= 11 is 0. The van der Waals surface area contributed by atoms with Crippen LogP contribution in [0.5, 0.6) is 5.75 Å². The highest BCUT2D eigenvalue weighted by Crippen LogP contribution is 2.26. The zero-order valence-corrected chi connectivity index (χ0v) is 9.06. The Morgan fingerprint density at radius 3 is 2.06 bits per heavy atom. The lowest BCUT2D eigenvalue weighted by molar-refractivity contribution is -0.130. The van der Waals surface area contributed by atoms with Crippen molar-refractivity contribution in [3.8, 4) is 5.75 Å². The topological polar surface area (TPSA) is 29.5 Å². The Hall–Kier alpha value is -1.79. The minimum Gasteiger partial charge on any atom is -0.477 e. The molecule has 7 heteroatoms. The van der Waals surface area contributed by atoms with Gasteiger partial charge in [-0.25, -0.2) is 8.78 Å². The van der Waals surface area contributed by atoms with Crippen molar-refractivity contribution < 1.29 is 27.1 Å². The van der Waals surface area contributed by atoms with Crippen LogP contribution in [0.4, 0.5) is 17.6 Å². The summed E-state index contributed by atoms with van der Waals surface area (Å²) in [4.78, 5) is 12.2. The van der Waals surface area contributed by atoms with E-state index in [0.717, 1.165) is 4.90 Å². The van der Waals surface area contributed by atoms with Crippen molar-refractivity contribution in [1.29, 1.82) is 0 Å². The van der Waals surface area contributed by atoms with Crippen molar-refractivity contribution in [2.45, 2.75) is 0 Å². The molecule has 1 amide bonds. The van der Waals surface area contributed by atoms with Crippen molar-refractivity contribution in [3.05, 3.63) is 29.3 Å². The quantitative estimate of drug-likeness (QED) is 0.604. The fourth-order valence-electron chi connectivity index (χ4n) is 0.941. The summed E-state index contributed by atoms with van der Waals surface area (Å²) in [6.45, 7) is -0.719. The first-order valence-corrected chi connectivity index (χ1v) is 4.50. The Kier molecular flexibility index (Phi) is 3.93. The molecular formula is C10H9F4NO2. The van der Waals surface area contributed by atoms with E-state index >= 15 is 0 Å². The highest BCUT2D eigenvalue weighted by molar-refractivity contribution is 5.77. The molecule has 3 nitrogen and oxygen atoms in total. The van der Waals surface area contributed by atoms with Crippen LogP contribution < -0.4 is 4.74 Å². The van der Waals surface area contributed by atoms with E-state index in [0.29, 0.717) is 0 Å². The van der Waals surface area contributed by atoms with E-state index in [1.54, 1.807) is 0 Å². The summed E-state index contributed by atoms with van der Waals surface area (Å²) in [5, 5.41) is 0. The van der Waals surface area contributed by atoms with E-state index in [-0.39, 0.29) is 6.07 Å². The van der Waals surface area contributed by atoms with Gasteiger partial charge in [0.25, 0.3) is 5.91 Å². The van der Waals surface area contributed by atoms with Gasteiger partial charge in [-0.05, 0) is 0 Å². The van der Waals surface area contributed by atoms with Crippen LogP contribution >= 0.6 is 0 Å². The molecule has 0 unspecified atom stereocenters. The van der Waals surface area contributed by atoms with Crippen molar-refractivity contribution in [3.63, 3.8) is 0 Å². The van der Waals surface area contributed by atoms with Gasteiger partial charge in [0.2, 0.25) is 11.6 Å². The largest absolute Gasteiger partial charge is 0.477 e. The number of benzene rings is 1. The summed E-state index contributed by atoms with van der Waals surface area (Å²) in [5.41, 5.74) is 0. The second-order valence-electron chi connectivity index (χ2n) is 3.37. The fourth-order valence-corrected chi connectivity index (χ4v) is 0.941. The van der Waals surface area contributed by atoms with Crippen LogP contribution in [-0.2, 0) is 4.79 Å². The molecule has 0 saturated heterocycles. The molecule has 0 aromatic heterocycles. The maximum absolute atomic E-state index is 13.1. The molecular weight excluding hydrogens is 242 g/mol. The van der Waals surface area contributed by atoms with Crippen molar-refractivity contribution in [2.24, 2.45) is 0 Å². The average molecular weight is 251 g/mol. The van der Waals surface area contributed by atoms with Gasteiger partial charge in [-0.15, -0.1) is 0 Å². The van der Waals surface area contributed by atoms with Gasteiger partial charge in [0.1, 0.15) is 0 Å². The van der Waals surface area contributed by atoms with Gasteiger partial charge < -0.3 is 9.64 Å². The van der Waals surface area contributed by atoms with Crippen molar-refractivity contribution in [1.82, 2.24) is 4.90 Å². The van der Waals surface area contributed by atoms with Crippen molar-refractivity contribution >= 4 is 5.91 Å². The summed E-state index contributed by atoms with van der Waals surface area (Å²) in [6.07, 6.45) is 0. The maximum atomic E-state index is 13.1. The predicted octanol–water partition coefficient (Wildman–Crippen LogP) is 1.71. The van der Waals surface area contributed by atoms with Crippen molar-refractivity contribution in [2.75, 3.05) is 20.7 Å². The Balaban J connectivity index is 2.95. The van der Waals surface area contributed by atoms with E-state index in [9.17, 15) is 22.4 Å². The van der Waals surface area contributed by atoms with Crippen LogP contribution in [0.2, 0.25) is 0 Å². The molecule has 0 fully saturated rings. The Morgan fingerprint density at radius 1 is 1.18 bits per heavy atom. The number of rotatable bonds is 3. The van der Waals surface area contributed by atoms with E-state index in [1.165, 1.54) is 14.1 Å². The number of carbonyl (C=O) groups excluding carboxylic acids is 1. The first-order chi connectivity index (χ1) is 7.84. The van der Waals surface area contributed by atoms with Crippen LogP contribution in [0.15, 0.2) is 6.07 Å². The molecule has 0 heterocycles. The minimum absolute atomic E-state index is 0.0608. The zero-order chi connectivity index (χ0) is 13.2. The summed E-state index contributed by atoms with van der Waals surface area (Å²) in [6, 6.07) is 0.0608. The van der Waals surface area contributed by atoms with Crippen LogP contribution in [0, 0.1) is 23.3 Å². The number of amides is 1. The number of carbonyl (C=O) groups is 1. The smallest absolute Gasteiger partial charge is 0.259 e. The van der Waals surface area contributed by atoms with E-state index in [4.69, 9.17) is 0 Å². The number of halogens is 4. The van der Waals surface area contributed by atoms with Crippen LogP contribution in [0.3, 0.4) is 0 Å². The van der Waals surface area contributed by atoms with Gasteiger partial charge in [0, 0.05) is 20.2 Å². The fraction of sp³-hybridized carbons (Fsp3) is 0.300. The summed E-state index contributed by atoms with van der Waals surface area (Å²) < 4.78 is 56.0. The van der Waals surface area contributed by atoms with E-state index < -0.39 is 41.5 Å². The molecule has 0 aliphatic carbocycles. The maximum Gasteiger partial charge on any atom is 0.259 e. The van der Waals surface area contributed by atoms with Gasteiger partial charge in [-0.3, -0.25) is 4.79 Å². The minimum atomic E-state index is -1.67. The average Bonchev–Trinajstić information content (AvgIpc) is 2.26. The zero-order valence-electron chi connectivity index (χ0n) is 9.06. The van der Waals surface area contributed by atoms with E-state index in [1.807, 2.05) is 0 Å². The molecule has 1 rings (SSSR count). The second kappa shape index (κ2) is 5.03. The molecule has 0 spiro atoms. The van der Waals surface area contributed by atoms with Crippen LogP contribution in [0.1, 0.15) is 0 Å². The lowest BCUT2D eigenvalue weighted by Crippen LogP contribution is -2.28. The summed E-state index contributed by atoms with van der Waals surface area (Å²) in [5.74, 6) is -8.36. The molecule has 0 atom stereocenters. The molecule has 0 radical (unpaired) electrons. The number of nitrogens with zero attached hydrogens (tertiary/aromatic N) is 1. The SMILES string of the molecule is CN(C)C(=O)COc1c(F)c(F)cc(F)c1F. The monoisotopic (exact) mass is 251 g/mol. The van der Waals surface area contributed by atoms with Gasteiger partial charge in [-0.1, -0.05) is 0 Å². The molecule has 0 saturated carbocycles. The van der Waals surface area contributed by atoms with Crippen LogP contribution in [0.25, 0.3) is 0 Å². The molecule has 0 N–H and O–H groups in total. The summed E-state index contributed by atoms with van der Waals surface area (Å²) in [7, 11) is 2.79. The normalized spacial score (nSPS) is 10.2. The van der Waals surface area contributed by atoms with Gasteiger partial charge in [-0.2, -0.15) is 8.78 Å². The first kappa shape index (κ1) is 13.3. The molecule has 1 aromatic carbocycles. The molecule has 1 aromatic rings. The Bertz CT molecular complexity index is 422. The Morgan fingerprint density at radius 2 is 1.65 bits per heavy atom. The third-order valence-electron chi connectivity index (χ3n) is 1.91. The molecule has 17 heavy (non-hydrogen) atoms. The Labute approximate surface area is 94.6 Å². The third kappa shape index (κ3) is 2.86. The van der Waals surface area contributed by atoms with Crippen LogP contribution in [-0.4, -0.2) is 31.5 Å². The highest BCUT2D eigenvalue weighted by Gasteiger charge is 2.21. The number of ether oxygens (including phenoxy) is 1. The van der Waals surface area contributed by atoms with Gasteiger partial charge in [0.15, 0.2) is 24.0 Å². The highest BCUT2D eigenvalue weighted by atomic mass is 19.2. The molecule has 94 valence electrons. The first-order valence-electron chi connectivity index (χ1n) is 4.50. The lowest BCUT2D eigenvalue weighted by atomic mass is 10.3. The number of likely N-dealkylation sites (N-methyl/N-ethyl adjacent to an activating group) is 1. The molecule has 0 bridgehead atoms. The lowest BCUT2D eigenvalue weighted by Gasteiger charge is -2.12. The van der Waals surface area contributed by atoms with Gasteiger partial charge in [0.05, 0.1) is 0 Å². The predicted molar refractivity (Wildman–Crippen MR) is 50.5 cm³/mol. The molecule has 0 aliphatic heterocycles. The number of hydrogen-bond donors (Lipinski definition) is 0.